The number of nitro groups is 1. The SMILES string of the molecule is Cc1cc(-c2cc(-c3cc(O)c(O)c([N+](=O)[O-])c3)on2)on1. The third-order valence-electron chi connectivity index (χ3n) is 2.94. The number of aryl methyl sites for hydroxylation is 1. The maximum Gasteiger partial charge on any atom is 0.315 e. The summed E-state index contributed by atoms with van der Waals surface area (Å²) in [5, 5.41) is 37.4. The van der Waals surface area contributed by atoms with Crippen LogP contribution in [0.25, 0.3) is 22.8 Å². The van der Waals surface area contributed by atoms with Gasteiger partial charge in [-0.15, -0.1) is 0 Å². The molecule has 0 atom stereocenters. The van der Waals surface area contributed by atoms with Gasteiger partial charge >= 0.3 is 5.69 Å². The highest BCUT2D eigenvalue weighted by atomic mass is 16.6. The number of hydrogen-bond acceptors (Lipinski definition) is 8. The Hall–Kier alpha value is -3.36. The van der Waals surface area contributed by atoms with Crippen LogP contribution in [0.1, 0.15) is 5.69 Å². The van der Waals surface area contributed by atoms with Gasteiger partial charge in [0.05, 0.1) is 10.6 Å². The van der Waals surface area contributed by atoms with Gasteiger partial charge in [0.1, 0.15) is 0 Å². The van der Waals surface area contributed by atoms with E-state index >= 15 is 0 Å². The van der Waals surface area contributed by atoms with Gasteiger partial charge in [0.25, 0.3) is 0 Å². The molecule has 9 heteroatoms. The van der Waals surface area contributed by atoms with Gasteiger partial charge in [0.2, 0.25) is 5.75 Å². The van der Waals surface area contributed by atoms with E-state index in [1.807, 2.05) is 0 Å². The van der Waals surface area contributed by atoms with Crippen LogP contribution in [0, 0.1) is 17.0 Å². The summed E-state index contributed by atoms with van der Waals surface area (Å²) in [7, 11) is 0. The van der Waals surface area contributed by atoms with Crippen LogP contribution in [-0.2, 0) is 0 Å². The number of nitro benzene ring substituents is 1. The van der Waals surface area contributed by atoms with Crippen molar-refractivity contribution in [2.75, 3.05) is 0 Å². The topological polar surface area (TPSA) is 136 Å². The Morgan fingerprint density at radius 1 is 1.09 bits per heavy atom. The van der Waals surface area contributed by atoms with Crippen LogP contribution in [-0.4, -0.2) is 25.4 Å². The number of hydrogen-bond donors (Lipinski definition) is 2. The standard InChI is InChI=1S/C13H9N3O6/c1-6-2-12(22-14-6)8-5-11(21-15-8)7-3-9(16(19)20)13(18)10(17)4-7/h2-5,17-18H,1H3. The van der Waals surface area contributed by atoms with Crippen LogP contribution in [0.2, 0.25) is 0 Å². The summed E-state index contributed by atoms with van der Waals surface area (Å²) in [4.78, 5) is 10.0. The monoisotopic (exact) mass is 303 g/mol. The molecule has 0 aliphatic rings. The zero-order chi connectivity index (χ0) is 15.9. The minimum atomic E-state index is -0.810. The molecule has 2 aromatic heterocycles. The summed E-state index contributed by atoms with van der Waals surface area (Å²) < 4.78 is 10.1. The summed E-state index contributed by atoms with van der Waals surface area (Å²) in [6, 6.07) is 5.34. The maximum absolute atomic E-state index is 10.9. The molecule has 9 nitrogen and oxygen atoms in total. The zero-order valence-corrected chi connectivity index (χ0v) is 11.2. The van der Waals surface area contributed by atoms with E-state index in [2.05, 4.69) is 10.3 Å². The van der Waals surface area contributed by atoms with Gasteiger partial charge in [0, 0.05) is 23.8 Å². The Morgan fingerprint density at radius 2 is 1.82 bits per heavy atom. The van der Waals surface area contributed by atoms with Crippen LogP contribution in [0.5, 0.6) is 11.5 Å². The Morgan fingerprint density at radius 3 is 2.45 bits per heavy atom. The number of benzene rings is 1. The molecule has 0 unspecified atom stereocenters. The molecule has 0 fully saturated rings. The molecule has 2 heterocycles. The maximum atomic E-state index is 10.9. The third-order valence-corrected chi connectivity index (χ3v) is 2.94. The summed E-state index contributed by atoms with van der Waals surface area (Å²) in [6.45, 7) is 1.75. The Bertz CT molecular complexity index is 867. The fraction of sp³-hybridized carbons (Fsp3) is 0.0769. The van der Waals surface area contributed by atoms with Crippen molar-refractivity contribution in [2.45, 2.75) is 6.92 Å². The number of phenols is 2. The normalized spacial score (nSPS) is 10.8. The number of aromatic hydroxyl groups is 2. The molecule has 0 saturated heterocycles. The van der Waals surface area contributed by atoms with E-state index in [1.165, 1.54) is 6.07 Å². The molecule has 3 aromatic rings. The summed E-state index contributed by atoms with van der Waals surface area (Å²) >= 11 is 0. The average molecular weight is 303 g/mol. The number of nitrogens with zero attached hydrogens (tertiary/aromatic N) is 3. The second kappa shape index (κ2) is 4.88. The molecule has 0 amide bonds. The van der Waals surface area contributed by atoms with E-state index in [0.717, 1.165) is 12.1 Å². The molecular formula is C13H9N3O6. The molecule has 0 spiro atoms. The van der Waals surface area contributed by atoms with Crippen molar-refractivity contribution in [3.8, 4) is 34.3 Å². The summed E-state index contributed by atoms with van der Waals surface area (Å²) in [5.41, 5.74) is 0.573. The average Bonchev–Trinajstić information content (AvgIpc) is 3.10. The Labute approximate surface area is 122 Å². The van der Waals surface area contributed by atoms with Gasteiger partial charge in [-0.1, -0.05) is 10.3 Å². The minimum absolute atomic E-state index is 0.169. The van der Waals surface area contributed by atoms with Gasteiger partial charge in [-0.2, -0.15) is 0 Å². The molecule has 0 bridgehead atoms. The molecule has 2 N–H and O–H groups in total. The molecule has 112 valence electrons. The lowest BCUT2D eigenvalue weighted by Crippen LogP contribution is -1.89. The van der Waals surface area contributed by atoms with Gasteiger partial charge in [-0.3, -0.25) is 10.1 Å². The zero-order valence-electron chi connectivity index (χ0n) is 11.2. The van der Waals surface area contributed by atoms with E-state index in [1.54, 1.807) is 13.0 Å². The molecule has 0 saturated carbocycles. The smallest absolute Gasteiger partial charge is 0.315 e. The van der Waals surface area contributed by atoms with E-state index in [0.29, 0.717) is 17.1 Å². The van der Waals surface area contributed by atoms with Crippen molar-refractivity contribution < 1.29 is 24.2 Å². The van der Waals surface area contributed by atoms with Crippen LogP contribution >= 0.6 is 0 Å². The first-order valence-electron chi connectivity index (χ1n) is 6.07. The number of rotatable bonds is 3. The second-order valence-electron chi connectivity index (χ2n) is 4.53. The van der Waals surface area contributed by atoms with Crippen molar-refractivity contribution in [3.63, 3.8) is 0 Å². The predicted octanol–water partition coefficient (Wildman–Crippen LogP) is 2.62. The molecular weight excluding hydrogens is 294 g/mol. The predicted molar refractivity (Wildman–Crippen MR) is 72.2 cm³/mol. The van der Waals surface area contributed by atoms with E-state index in [4.69, 9.17) is 9.05 Å². The summed E-state index contributed by atoms with van der Waals surface area (Å²) in [6.07, 6.45) is 0. The molecule has 1 aromatic carbocycles. The fourth-order valence-corrected chi connectivity index (χ4v) is 1.90. The van der Waals surface area contributed by atoms with Gasteiger partial charge in [-0.05, 0) is 13.0 Å². The van der Waals surface area contributed by atoms with E-state index in [-0.39, 0.29) is 11.3 Å². The van der Waals surface area contributed by atoms with Crippen LogP contribution in [0.4, 0.5) is 5.69 Å². The second-order valence-corrected chi connectivity index (χ2v) is 4.53. The van der Waals surface area contributed by atoms with Crippen molar-refractivity contribution in [3.05, 3.63) is 40.1 Å². The molecule has 0 aliphatic heterocycles. The summed E-state index contributed by atoms with van der Waals surface area (Å²) in [5.74, 6) is -0.885. The van der Waals surface area contributed by atoms with Crippen molar-refractivity contribution >= 4 is 5.69 Å². The molecule has 0 radical (unpaired) electrons. The minimum Gasteiger partial charge on any atom is -0.504 e. The highest BCUT2D eigenvalue weighted by Crippen LogP contribution is 2.40. The Balaban J connectivity index is 2.05. The molecule has 22 heavy (non-hydrogen) atoms. The highest BCUT2D eigenvalue weighted by Gasteiger charge is 2.21. The first-order chi connectivity index (χ1) is 10.5. The first kappa shape index (κ1) is 13.6. The lowest BCUT2D eigenvalue weighted by Gasteiger charge is -2.01. The lowest BCUT2D eigenvalue weighted by atomic mass is 10.1. The van der Waals surface area contributed by atoms with Gasteiger partial charge in [-0.25, -0.2) is 0 Å². The van der Waals surface area contributed by atoms with E-state index in [9.17, 15) is 20.3 Å². The van der Waals surface area contributed by atoms with Gasteiger partial charge < -0.3 is 19.3 Å². The van der Waals surface area contributed by atoms with Crippen LogP contribution < -0.4 is 0 Å². The largest absolute Gasteiger partial charge is 0.504 e. The first-order valence-corrected chi connectivity index (χ1v) is 6.07. The Kier molecular flexibility index (Phi) is 3.02. The van der Waals surface area contributed by atoms with Crippen molar-refractivity contribution in [1.29, 1.82) is 0 Å². The third kappa shape index (κ3) is 2.24. The quantitative estimate of drug-likeness (QED) is 0.428. The number of phenolic OH excluding ortho intramolecular Hbond substituents is 2. The van der Waals surface area contributed by atoms with Crippen molar-refractivity contribution in [2.24, 2.45) is 0 Å². The van der Waals surface area contributed by atoms with Crippen LogP contribution in [0.15, 0.2) is 33.3 Å². The fourth-order valence-electron chi connectivity index (χ4n) is 1.90. The lowest BCUT2D eigenvalue weighted by molar-refractivity contribution is -0.385. The number of aromatic nitrogens is 2. The van der Waals surface area contributed by atoms with Crippen LogP contribution in [0.3, 0.4) is 0 Å². The molecule has 0 aliphatic carbocycles. The van der Waals surface area contributed by atoms with E-state index < -0.39 is 22.1 Å². The van der Waals surface area contributed by atoms with Gasteiger partial charge in [0.15, 0.2) is 23.0 Å². The molecule has 3 rings (SSSR count). The highest BCUT2D eigenvalue weighted by molar-refractivity contribution is 5.71. The van der Waals surface area contributed by atoms with Crippen molar-refractivity contribution in [1.82, 2.24) is 10.3 Å².